The van der Waals surface area contributed by atoms with E-state index < -0.39 is 10.0 Å². The minimum Gasteiger partial charge on any atom is -0.356 e. The summed E-state index contributed by atoms with van der Waals surface area (Å²) in [5.74, 6) is 0.767. The van der Waals surface area contributed by atoms with Crippen LogP contribution in [0.1, 0.15) is 52.9 Å². The molecule has 0 fully saturated rings. The van der Waals surface area contributed by atoms with Gasteiger partial charge in [-0.25, -0.2) is 13.1 Å². The van der Waals surface area contributed by atoms with Gasteiger partial charge in [0.15, 0.2) is 5.96 Å². The van der Waals surface area contributed by atoms with E-state index in [0.29, 0.717) is 19.5 Å². The first-order valence-corrected chi connectivity index (χ1v) is 9.98. The summed E-state index contributed by atoms with van der Waals surface area (Å²) in [7, 11) is -1.35. The van der Waals surface area contributed by atoms with Gasteiger partial charge >= 0.3 is 0 Å². The van der Waals surface area contributed by atoms with Crippen molar-refractivity contribution < 1.29 is 8.42 Å². The molecule has 0 rings (SSSR count). The normalized spacial score (nSPS) is 13.2. The summed E-state index contributed by atoms with van der Waals surface area (Å²) >= 11 is 0. The maximum Gasteiger partial charge on any atom is 0.208 e. The fraction of sp³-hybridized carbons (Fsp3) is 0.933. The van der Waals surface area contributed by atoms with Gasteiger partial charge in [-0.15, -0.1) is 0 Å². The molecule has 6 nitrogen and oxygen atoms in total. The summed E-state index contributed by atoms with van der Waals surface area (Å²) in [6.07, 6.45) is 6.87. The topological polar surface area (TPSA) is 82.6 Å². The van der Waals surface area contributed by atoms with Gasteiger partial charge in [0.1, 0.15) is 0 Å². The molecule has 0 spiro atoms. The van der Waals surface area contributed by atoms with Gasteiger partial charge in [0, 0.05) is 26.7 Å². The van der Waals surface area contributed by atoms with Crippen molar-refractivity contribution in [3.8, 4) is 0 Å². The van der Waals surface area contributed by atoms with Crippen molar-refractivity contribution in [2.45, 2.75) is 52.9 Å². The number of hydrogen-bond acceptors (Lipinski definition) is 3. The minimum atomic E-state index is -3.09. The summed E-state index contributed by atoms with van der Waals surface area (Å²) in [4.78, 5) is 4.19. The smallest absolute Gasteiger partial charge is 0.208 e. The second-order valence-electron chi connectivity index (χ2n) is 6.49. The third kappa shape index (κ3) is 12.9. The van der Waals surface area contributed by atoms with Crippen LogP contribution in [-0.2, 0) is 10.0 Å². The molecular weight excluding hydrogens is 300 g/mol. The van der Waals surface area contributed by atoms with Crippen molar-refractivity contribution >= 4 is 16.0 Å². The van der Waals surface area contributed by atoms with E-state index in [1.165, 1.54) is 31.9 Å². The van der Waals surface area contributed by atoms with E-state index >= 15 is 0 Å². The summed E-state index contributed by atoms with van der Waals surface area (Å²) in [5, 5.41) is 6.54. The standard InChI is InChI=1S/C15H34N4O2S/c1-6-7-8-10-15(2,3)13-18-14(16-4)17-11-9-12-19-22(5,20)21/h19H,6-13H2,1-5H3,(H2,16,17,18). The van der Waals surface area contributed by atoms with E-state index in [1.807, 2.05) is 0 Å². The maximum atomic E-state index is 10.9. The number of nitrogens with zero attached hydrogens (tertiary/aromatic N) is 1. The van der Waals surface area contributed by atoms with Crippen LogP contribution in [0.5, 0.6) is 0 Å². The van der Waals surface area contributed by atoms with Gasteiger partial charge < -0.3 is 10.6 Å². The Kier molecular flexibility index (Phi) is 10.4. The Hall–Kier alpha value is -0.820. The summed E-state index contributed by atoms with van der Waals surface area (Å²) < 4.78 is 24.3. The Morgan fingerprint density at radius 3 is 2.32 bits per heavy atom. The van der Waals surface area contributed by atoms with Crippen molar-refractivity contribution in [1.29, 1.82) is 0 Å². The van der Waals surface area contributed by atoms with E-state index in [9.17, 15) is 8.42 Å². The Morgan fingerprint density at radius 1 is 1.09 bits per heavy atom. The fourth-order valence-corrected chi connectivity index (χ4v) is 2.55. The molecule has 0 aliphatic carbocycles. The molecule has 0 atom stereocenters. The molecule has 0 aromatic heterocycles. The molecule has 0 unspecified atom stereocenters. The van der Waals surface area contributed by atoms with Crippen molar-refractivity contribution in [2.24, 2.45) is 10.4 Å². The van der Waals surface area contributed by atoms with Crippen LogP contribution in [0.3, 0.4) is 0 Å². The molecule has 132 valence electrons. The quantitative estimate of drug-likeness (QED) is 0.305. The van der Waals surface area contributed by atoms with Crippen LogP contribution in [0, 0.1) is 5.41 Å². The molecule has 0 saturated heterocycles. The molecule has 0 saturated carbocycles. The van der Waals surface area contributed by atoms with Gasteiger partial charge in [-0.1, -0.05) is 40.0 Å². The molecule has 0 aromatic carbocycles. The molecule has 3 N–H and O–H groups in total. The largest absolute Gasteiger partial charge is 0.356 e. The highest BCUT2D eigenvalue weighted by atomic mass is 32.2. The average Bonchev–Trinajstić information content (AvgIpc) is 2.40. The highest BCUT2D eigenvalue weighted by molar-refractivity contribution is 7.88. The highest BCUT2D eigenvalue weighted by Crippen LogP contribution is 2.22. The molecular formula is C15H34N4O2S. The van der Waals surface area contributed by atoms with Gasteiger partial charge in [0.05, 0.1) is 6.26 Å². The highest BCUT2D eigenvalue weighted by Gasteiger charge is 2.17. The molecule has 0 radical (unpaired) electrons. The number of nitrogens with one attached hydrogen (secondary N) is 3. The summed E-state index contributed by atoms with van der Waals surface area (Å²) in [6, 6.07) is 0. The second kappa shape index (κ2) is 10.8. The van der Waals surface area contributed by atoms with Gasteiger partial charge in [-0.05, 0) is 18.3 Å². The van der Waals surface area contributed by atoms with Crippen LogP contribution >= 0.6 is 0 Å². The van der Waals surface area contributed by atoms with Gasteiger partial charge in [-0.3, -0.25) is 4.99 Å². The van der Waals surface area contributed by atoms with E-state index in [4.69, 9.17) is 0 Å². The lowest BCUT2D eigenvalue weighted by atomic mass is 9.87. The minimum absolute atomic E-state index is 0.241. The molecule has 0 amide bonds. The lowest BCUT2D eigenvalue weighted by Gasteiger charge is -2.26. The van der Waals surface area contributed by atoms with Crippen LogP contribution in [0.2, 0.25) is 0 Å². The Labute approximate surface area is 136 Å². The number of sulfonamides is 1. The van der Waals surface area contributed by atoms with Gasteiger partial charge in [0.25, 0.3) is 0 Å². The number of aliphatic imine (C=N–C) groups is 1. The first-order chi connectivity index (χ1) is 10.2. The zero-order valence-electron chi connectivity index (χ0n) is 14.8. The summed E-state index contributed by atoms with van der Waals surface area (Å²) in [6.45, 7) is 8.73. The number of rotatable bonds is 11. The van der Waals surface area contributed by atoms with Crippen LogP contribution in [0.4, 0.5) is 0 Å². The third-order valence-electron chi connectivity index (χ3n) is 3.43. The molecule has 0 aliphatic rings. The zero-order valence-corrected chi connectivity index (χ0v) is 15.6. The van der Waals surface area contributed by atoms with Crippen molar-refractivity contribution in [3.63, 3.8) is 0 Å². The molecule has 7 heteroatoms. The van der Waals surface area contributed by atoms with Crippen molar-refractivity contribution in [2.75, 3.05) is 32.9 Å². The third-order valence-corrected chi connectivity index (χ3v) is 4.15. The predicted molar refractivity (Wildman–Crippen MR) is 94.8 cm³/mol. The van der Waals surface area contributed by atoms with Crippen LogP contribution < -0.4 is 15.4 Å². The monoisotopic (exact) mass is 334 g/mol. The molecule has 0 aliphatic heterocycles. The number of hydrogen-bond donors (Lipinski definition) is 3. The Bertz CT molecular complexity index is 419. The van der Waals surface area contributed by atoms with Crippen LogP contribution in [0.15, 0.2) is 4.99 Å². The SMILES string of the molecule is CCCCCC(C)(C)CNC(=NC)NCCCNS(C)(=O)=O. The molecule has 0 bridgehead atoms. The predicted octanol–water partition coefficient (Wildman–Crippen LogP) is 1.70. The van der Waals surface area contributed by atoms with Crippen LogP contribution in [-0.4, -0.2) is 47.3 Å². The Balaban J connectivity index is 3.92. The molecule has 22 heavy (non-hydrogen) atoms. The Morgan fingerprint density at radius 2 is 1.77 bits per heavy atom. The van der Waals surface area contributed by atoms with E-state index in [2.05, 4.69) is 41.1 Å². The second-order valence-corrected chi connectivity index (χ2v) is 8.33. The van der Waals surface area contributed by atoms with Gasteiger partial charge in [-0.2, -0.15) is 0 Å². The molecule has 0 heterocycles. The lowest BCUT2D eigenvalue weighted by Crippen LogP contribution is -2.42. The first kappa shape index (κ1) is 21.2. The number of unbranched alkanes of at least 4 members (excludes halogenated alkanes) is 2. The van der Waals surface area contributed by atoms with Gasteiger partial charge in [0.2, 0.25) is 10.0 Å². The van der Waals surface area contributed by atoms with Crippen molar-refractivity contribution in [1.82, 2.24) is 15.4 Å². The van der Waals surface area contributed by atoms with E-state index in [-0.39, 0.29) is 5.41 Å². The summed E-state index contributed by atoms with van der Waals surface area (Å²) in [5.41, 5.74) is 0.241. The lowest BCUT2D eigenvalue weighted by molar-refractivity contribution is 0.318. The average molecular weight is 335 g/mol. The number of guanidine groups is 1. The fourth-order valence-electron chi connectivity index (χ4n) is 2.04. The van der Waals surface area contributed by atoms with Crippen LogP contribution in [0.25, 0.3) is 0 Å². The molecule has 0 aromatic rings. The van der Waals surface area contributed by atoms with Crippen molar-refractivity contribution in [3.05, 3.63) is 0 Å². The van der Waals surface area contributed by atoms with E-state index in [0.717, 1.165) is 12.5 Å². The zero-order chi connectivity index (χ0) is 17.1. The van der Waals surface area contributed by atoms with E-state index in [1.54, 1.807) is 7.05 Å². The first-order valence-electron chi connectivity index (χ1n) is 8.09. The maximum absolute atomic E-state index is 10.9.